The van der Waals surface area contributed by atoms with Crippen LogP contribution in [0, 0.1) is 0 Å². The Labute approximate surface area is 124 Å². The third-order valence-corrected chi connectivity index (χ3v) is 3.87. The first kappa shape index (κ1) is 14.3. The zero-order chi connectivity index (χ0) is 14.7. The predicted octanol–water partition coefficient (Wildman–Crippen LogP) is 1.26. The van der Waals surface area contributed by atoms with Gasteiger partial charge in [-0.3, -0.25) is 0 Å². The van der Waals surface area contributed by atoms with E-state index in [2.05, 4.69) is 40.4 Å². The van der Waals surface area contributed by atoms with Crippen LogP contribution in [0.4, 0.5) is 0 Å². The summed E-state index contributed by atoms with van der Waals surface area (Å²) in [5.74, 6) is 0.755. The lowest BCUT2D eigenvalue weighted by Crippen LogP contribution is -2.61. The smallest absolute Gasteiger partial charge is 0.162 e. The molecule has 0 saturated carbocycles. The van der Waals surface area contributed by atoms with Crippen molar-refractivity contribution in [3.63, 3.8) is 0 Å². The van der Waals surface area contributed by atoms with Crippen LogP contribution in [-0.2, 0) is 36.1 Å². The second-order valence-electron chi connectivity index (χ2n) is 5.63. The van der Waals surface area contributed by atoms with Crippen LogP contribution in [0.25, 0.3) is 0 Å². The number of aryl methyl sites for hydroxylation is 1. The fourth-order valence-electron chi connectivity index (χ4n) is 2.57. The first-order chi connectivity index (χ1) is 10.2. The summed E-state index contributed by atoms with van der Waals surface area (Å²) in [7, 11) is 3.69. The maximum atomic E-state index is 5.41. The molecule has 6 heteroatoms. The summed E-state index contributed by atoms with van der Waals surface area (Å²) in [6, 6.07) is 6.12. The number of nitrogens with zero attached hydrogens (tertiary/aromatic N) is 2. The molecular weight excluding hydrogens is 270 g/mol. The maximum Gasteiger partial charge on any atom is 0.162 e. The van der Waals surface area contributed by atoms with Gasteiger partial charge in [0.25, 0.3) is 0 Å². The van der Waals surface area contributed by atoms with E-state index in [4.69, 9.17) is 14.0 Å². The van der Waals surface area contributed by atoms with Crippen LogP contribution in [0.1, 0.15) is 17.1 Å². The highest BCUT2D eigenvalue weighted by atomic mass is 16.5. The Bertz CT molecular complexity index is 587. The molecule has 0 amide bonds. The van der Waals surface area contributed by atoms with E-state index in [1.165, 1.54) is 5.69 Å². The Morgan fingerprint density at radius 3 is 2.95 bits per heavy atom. The summed E-state index contributed by atoms with van der Waals surface area (Å²) >= 11 is 0. The van der Waals surface area contributed by atoms with Gasteiger partial charge in [0.15, 0.2) is 5.76 Å². The summed E-state index contributed by atoms with van der Waals surface area (Å²) in [5, 5.41) is 7.72. The van der Waals surface area contributed by atoms with Crippen molar-refractivity contribution < 1.29 is 14.0 Å². The molecule has 1 aliphatic heterocycles. The highest BCUT2D eigenvalue weighted by Crippen LogP contribution is 2.23. The van der Waals surface area contributed by atoms with Gasteiger partial charge in [-0.25, -0.2) is 0 Å². The summed E-state index contributed by atoms with van der Waals surface area (Å²) in [5.41, 5.74) is 2.14. The first-order valence-corrected chi connectivity index (χ1v) is 7.07. The van der Waals surface area contributed by atoms with Crippen LogP contribution in [0.15, 0.2) is 28.9 Å². The van der Waals surface area contributed by atoms with E-state index in [-0.39, 0.29) is 5.54 Å². The van der Waals surface area contributed by atoms with Crippen LogP contribution in [0.2, 0.25) is 0 Å². The normalized spacial score (nSPS) is 16.9. The van der Waals surface area contributed by atoms with Crippen molar-refractivity contribution >= 4 is 0 Å². The van der Waals surface area contributed by atoms with Gasteiger partial charge in [0.05, 0.1) is 24.4 Å². The molecule has 6 nitrogen and oxygen atoms in total. The molecule has 0 atom stereocenters. The largest absolute Gasteiger partial charge is 0.377 e. The Hall–Kier alpha value is -1.63. The molecule has 0 unspecified atom stereocenters. The Balaban J connectivity index is 1.61. The van der Waals surface area contributed by atoms with E-state index in [1.54, 1.807) is 7.11 Å². The van der Waals surface area contributed by atoms with Gasteiger partial charge in [0.1, 0.15) is 6.61 Å². The van der Waals surface area contributed by atoms with E-state index in [1.807, 2.05) is 6.07 Å². The Morgan fingerprint density at radius 2 is 2.33 bits per heavy atom. The highest BCUT2D eigenvalue weighted by molar-refractivity contribution is 5.13. The molecule has 1 N–H and O–H groups in total. The number of rotatable bonds is 7. The van der Waals surface area contributed by atoms with E-state index < -0.39 is 0 Å². The van der Waals surface area contributed by atoms with Crippen molar-refractivity contribution in [2.45, 2.75) is 25.1 Å². The van der Waals surface area contributed by atoms with Gasteiger partial charge in [-0.15, -0.1) is 0 Å². The first-order valence-electron chi connectivity index (χ1n) is 7.07. The zero-order valence-corrected chi connectivity index (χ0v) is 12.5. The van der Waals surface area contributed by atoms with Crippen LogP contribution < -0.4 is 5.32 Å². The summed E-state index contributed by atoms with van der Waals surface area (Å²) < 4.78 is 17.8. The summed E-state index contributed by atoms with van der Waals surface area (Å²) in [4.78, 5) is 0. The van der Waals surface area contributed by atoms with Gasteiger partial charge in [0.2, 0.25) is 0 Å². The van der Waals surface area contributed by atoms with Crippen molar-refractivity contribution in [2.24, 2.45) is 7.05 Å². The molecule has 21 heavy (non-hydrogen) atoms. The van der Waals surface area contributed by atoms with Crippen LogP contribution in [0.3, 0.4) is 0 Å². The minimum Gasteiger partial charge on any atom is -0.377 e. The Kier molecular flexibility index (Phi) is 4.10. The number of hydrogen-bond acceptors (Lipinski definition) is 5. The van der Waals surface area contributed by atoms with E-state index in [0.29, 0.717) is 19.8 Å². The second-order valence-corrected chi connectivity index (χ2v) is 5.63. The molecule has 1 saturated heterocycles. The molecule has 0 aliphatic carbocycles. The van der Waals surface area contributed by atoms with Gasteiger partial charge < -0.3 is 23.9 Å². The molecule has 1 aliphatic rings. The number of aromatic nitrogens is 2. The third kappa shape index (κ3) is 3.18. The maximum absolute atomic E-state index is 5.41. The molecule has 3 rings (SSSR count). The fraction of sp³-hybridized carbons (Fsp3) is 0.533. The van der Waals surface area contributed by atoms with Crippen molar-refractivity contribution in [1.82, 2.24) is 15.0 Å². The minimum atomic E-state index is -0.0501. The van der Waals surface area contributed by atoms with E-state index in [9.17, 15) is 0 Å². The number of methoxy groups -OCH3 is 1. The zero-order valence-electron chi connectivity index (χ0n) is 12.5. The molecule has 2 aromatic heterocycles. The molecule has 0 aromatic carbocycles. The number of ether oxygens (including phenoxy) is 2. The molecule has 0 spiro atoms. The summed E-state index contributed by atoms with van der Waals surface area (Å²) in [6.45, 7) is 2.66. The second kappa shape index (κ2) is 6.01. The average molecular weight is 291 g/mol. The highest BCUT2D eigenvalue weighted by Gasteiger charge is 2.39. The van der Waals surface area contributed by atoms with Crippen LogP contribution in [0.5, 0.6) is 0 Å². The quantitative estimate of drug-likeness (QED) is 0.832. The molecule has 0 radical (unpaired) electrons. The molecule has 2 aromatic rings. The van der Waals surface area contributed by atoms with Gasteiger partial charge in [-0.1, -0.05) is 5.16 Å². The lowest BCUT2D eigenvalue weighted by molar-refractivity contribution is -0.0757. The predicted molar refractivity (Wildman–Crippen MR) is 76.7 cm³/mol. The standard InChI is InChI=1S/C15H21N3O3/c1-18-5-3-4-13(18)8-16-15(10-20-11-15)7-12-6-14(9-19-2)21-17-12/h3-6,16H,7-11H2,1-2H3. The van der Waals surface area contributed by atoms with Crippen molar-refractivity contribution in [3.8, 4) is 0 Å². The van der Waals surface area contributed by atoms with Gasteiger partial charge in [-0.2, -0.15) is 0 Å². The fourth-order valence-corrected chi connectivity index (χ4v) is 2.57. The lowest BCUT2D eigenvalue weighted by atomic mass is 9.91. The Morgan fingerprint density at radius 1 is 1.48 bits per heavy atom. The number of nitrogens with one attached hydrogen (secondary N) is 1. The molecule has 1 fully saturated rings. The van der Waals surface area contributed by atoms with Gasteiger partial charge >= 0.3 is 0 Å². The SMILES string of the molecule is COCc1cc(CC2(NCc3cccn3C)COC2)no1. The van der Waals surface area contributed by atoms with Gasteiger partial charge in [-0.05, 0) is 12.1 Å². The topological polar surface area (TPSA) is 61.5 Å². The molecule has 114 valence electrons. The van der Waals surface area contributed by atoms with Crippen molar-refractivity contribution in [3.05, 3.63) is 41.5 Å². The van der Waals surface area contributed by atoms with Crippen LogP contribution in [-0.4, -0.2) is 35.6 Å². The monoisotopic (exact) mass is 291 g/mol. The lowest BCUT2D eigenvalue weighted by Gasteiger charge is -2.42. The molecular formula is C15H21N3O3. The average Bonchev–Trinajstić information content (AvgIpc) is 3.03. The minimum absolute atomic E-state index is 0.0501. The van der Waals surface area contributed by atoms with Gasteiger partial charge in [0, 0.05) is 45.1 Å². The molecule has 0 bridgehead atoms. The summed E-state index contributed by atoms with van der Waals surface area (Å²) in [6.07, 6.45) is 2.85. The van der Waals surface area contributed by atoms with Crippen LogP contribution >= 0.6 is 0 Å². The van der Waals surface area contributed by atoms with E-state index >= 15 is 0 Å². The van der Waals surface area contributed by atoms with Crippen molar-refractivity contribution in [2.75, 3.05) is 20.3 Å². The number of hydrogen-bond donors (Lipinski definition) is 1. The third-order valence-electron chi connectivity index (χ3n) is 3.87. The van der Waals surface area contributed by atoms with E-state index in [0.717, 1.165) is 24.4 Å². The molecule has 3 heterocycles. The van der Waals surface area contributed by atoms with Crippen molar-refractivity contribution in [1.29, 1.82) is 0 Å².